The number of ether oxygens (including phenoxy) is 1. The number of rotatable bonds is 8. The van der Waals surface area contributed by atoms with Gasteiger partial charge < -0.3 is 4.74 Å². The quantitative estimate of drug-likeness (QED) is 0.126. The summed E-state index contributed by atoms with van der Waals surface area (Å²) in [7, 11) is 1.60. The van der Waals surface area contributed by atoms with Gasteiger partial charge in [-0.2, -0.15) is 0 Å². The first kappa shape index (κ1) is 29.7. The maximum Gasteiger partial charge on any atom is 0.191 e. The number of carbonyl (C=O) groups is 2. The number of carbonyl (C=O) groups excluding carboxylic acids is 2. The van der Waals surface area contributed by atoms with Crippen molar-refractivity contribution in [2.45, 2.75) is 17.4 Å². The number of benzene rings is 6. The van der Waals surface area contributed by atoms with Gasteiger partial charge in [0.05, 0.1) is 0 Å². The Kier molecular flexibility index (Phi) is 7.35. The monoisotopic (exact) mass is 622 g/mol. The van der Waals surface area contributed by atoms with Gasteiger partial charge in [0, 0.05) is 24.5 Å². The summed E-state index contributed by atoms with van der Waals surface area (Å²) in [6.45, 7) is 0. The first-order chi connectivity index (χ1) is 23.6. The third kappa shape index (κ3) is 4.54. The van der Waals surface area contributed by atoms with E-state index in [1.165, 1.54) is 0 Å². The van der Waals surface area contributed by atoms with Gasteiger partial charge in [-0.1, -0.05) is 164 Å². The molecule has 2 atom stereocenters. The second-order valence-electron chi connectivity index (χ2n) is 12.7. The fourth-order valence-electron chi connectivity index (χ4n) is 8.00. The Bertz CT molecular complexity index is 2120. The summed E-state index contributed by atoms with van der Waals surface area (Å²) in [5, 5.41) is 2.11. The normalized spacial score (nSPS) is 20.3. The standard InChI is InChI=1S/C45H34O3/c1-48-45-29-38(37-27-26-31-16-14-15-25-36(31)28-37)42(46)44(43(45)47,41(34-21-10-4-11-22-34)35-23-12-5-13-24-35)30-39(45)40(32-17-6-2-7-18-32)33-19-8-3-9-20-33/h2-30,40-41H,1H3/t44-,45-/m0/s1. The third-order valence-corrected chi connectivity index (χ3v) is 10.2. The Morgan fingerprint density at radius 2 is 1.00 bits per heavy atom. The maximum absolute atomic E-state index is 15.6. The summed E-state index contributed by atoms with van der Waals surface area (Å²) in [6.07, 6.45) is 3.80. The van der Waals surface area contributed by atoms with Gasteiger partial charge in [0.25, 0.3) is 0 Å². The Balaban J connectivity index is 1.47. The molecule has 48 heavy (non-hydrogen) atoms. The molecule has 0 spiro atoms. The van der Waals surface area contributed by atoms with Crippen LogP contribution in [-0.4, -0.2) is 24.3 Å². The van der Waals surface area contributed by atoms with Crippen LogP contribution in [0.4, 0.5) is 0 Å². The van der Waals surface area contributed by atoms with E-state index in [2.05, 4.69) is 42.5 Å². The highest BCUT2D eigenvalue weighted by atomic mass is 16.5. The van der Waals surface area contributed by atoms with Gasteiger partial charge in [-0.05, 0) is 56.3 Å². The summed E-state index contributed by atoms with van der Waals surface area (Å²) in [4.78, 5) is 31.1. The summed E-state index contributed by atoms with van der Waals surface area (Å²) in [5.74, 6) is -1.41. The van der Waals surface area contributed by atoms with E-state index >= 15 is 9.59 Å². The Labute approximate surface area is 280 Å². The van der Waals surface area contributed by atoms with Gasteiger partial charge in [0.15, 0.2) is 17.2 Å². The zero-order chi connectivity index (χ0) is 32.7. The van der Waals surface area contributed by atoms with Crippen LogP contribution in [-0.2, 0) is 14.3 Å². The molecule has 8 rings (SSSR count). The minimum Gasteiger partial charge on any atom is -0.362 e. The first-order valence-corrected chi connectivity index (χ1v) is 16.4. The number of hydrogen-bond donors (Lipinski definition) is 0. The lowest BCUT2D eigenvalue weighted by molar-refractivity contribution is -0.145. The summed E-state index contributed by atoms with van der Waals surface area (Å²) >= 11 is 0. The number of ketones is 2. The van der Waals surface area contributed by atoms with Crippen LogP contribution in [0.15, 0.2) is 182 Å². The Morgan fingerprint density at radius 3 is 1.52 bits per heavy atom. The number of fused-ring (bicyclic) bond motifs is 3. The molecule has 2 bridgehead atoms. The van der Waals surface area contributed by atoms with E-state index in [0.29, 0.717) is 5.57 Å². The molecule has 6 aromatic carbocycles. The lowest BCUT2D eigenvalue weighted by Crippen LogP contribution is -2.54. The number of allylic oxidation sites excluding steroid dienone is 2. The van der Waals surface area contributed by atoms with Gasteiger partial charge in [0.2, 0.25) is 0 Å². The van der Waals surface area contributed by atoms with Crippen molar-refractivity contribution in [2.75, 3.05) is 7.11 Å². The second-order valence-corrected chi connectivity index (χ2v) is 12.7. The minimum absolute atomic E-state index is 0.219. The molecule has 0 saturated heterocycles. The predicted octanol–water partition coefficient (Wildman–Crippen LogP) is 9.35. The van der Waals surface area contributed by atoms with Crippen molar-refractivity contribution in [3.05, 3.63) is 209 Å². The Hall–Kier alpha value is -5.64. The van der Waals surface area contributed by atoms with E-state index in [9.17, 15) is 0 Å². The molecule has 0 unspecified atom stereocenters. The first-order valence-electron chi connectivity index (χ1n) is 16.4. The van der Waals surface area contributed by atoms with E-state index in [1.807, 2.05) is 133 Å². The predicted molar refractivity (Wildman–Crippen MR) is 192 cm³/mol. The molecule has 0 amide bonds. The maximum atomic E-state index is 15.6. The van der Waals surface area contributed by atoms with Gasteiger partial charge in [-0.15, -0.1) is 0 Å². The van der Waals surface area contributed by atoms with Crippen molar-refractivity contribution >= 4 is 27.9 Å². The SMILES string of the molecule is CO[C@@]12C=C(c3ccc4ccccc4c3)C(=O)[C@@](C(c3ccccc3)c3ccccc3)(C=C1C(c1ccccc1)c1ccccc1)C2=O. The topological polar surface area (TPSA) is 43.4 Å². The van der Waals surface area contributed by atoms with E-state index < -0.39 is 16.9 Å². The van der Waals surface area contributed by atoms with E-state index in [4.69, 9.17) is 4.74 Å². The molecule has 0 heterocycles. The van der Waals surface area contributed by atoms with Crippen molar-refractivity contribution < 1.29 is 14.3 Å². The van der Waals surface area contributed by atoms with Gasteiger partial charge in [-0.25, -0.2) is 0 Å². The van der Waals surface area contributed by atoms with Gasteiger partial charge >= 0.3 is 0 Å². The average molecular weight is 623 g/mol. The van der Waals surface area contributed by atoms with Crippen LogP contribution in [0.25, 0.3) is 16.3 Å². The van der Waals surface area contributed by atoms with Crippen LogP contribution in [0.2, 0.25) is 0 Å². The molecule has 6 aromatic rings. The molecule has 0 aliphatic heterocycles. The fraction of sp³-hybridized carbons (Fsp3) is 0.111. The second kappa shape index (κ2) is 11.9. The lowest BCUT2D eigenvalue weighted by Gasteiger charge is -2.41. The Morgan fingerprint density at radius 1 is 0.521 bits per heavy atom. The van der Waals surface area contributed by atoms with Crippen molar-refractivity contribution in [2.24, 2.45) is 5.41 Å². The van der Waals surface area contributed by atoms with Crippen molar-refractivity contribution in [3.8, 4) is 0 Å². The molecular formula is C45H34O3. The third-order valence-electron chi connectivity index (χ3n) is 10.2. The molecule has 2 aliphatic carbocycles. The average Bonchev–Trinajstić information content (AvgIpc) is 3.32. The van der Waals surface area contributed by atoms with Crippen LogP contribution in [0.3, 0.4) is 0 Å². The van der Waals surface area contributed by atoms with Crippen LogP contribution >= 0.6 is 0 Å². The lowest BCUT2D eigenvalue weighted by atomic mass is 9.59. The minimum atomic E-state index is -1.58. The molecule has 0 aromatic heterocycles. The smallest absolute Gasteiger partial charge is 0.191 e. The summed E-state index contributed by atoms with van der Waals surface area (Å²) in [6, 6.07) is 54.5. The number of Topliss-reactive ketones (excluding diaryl/α,β-unsaturated/α-hetero) is 2. The van der Waals surface area contributed by atoms with E-state index in [-0.39, 0.29) is 17.5 Å². The van der Waals surface area contributed by atoms with Crippen molar-refractivity contribution in [1.82, 2.24) is 0 Å². The summed E-state index contributed by atoms with van der Waals surface area (Å²) < 4.78 is 6.51. The largest absolute Gasteiger partial charge is 0.362 e. The zero-order valence-corrected chi connectivity index (χ0v) is 26.6. The van der Waals surface area contributed by atoms with Crippen molar-refractivity contribution in [3.63, 3.8) is 0 Å². The fourth-order valence-corrected chi connectivity index (χ4v) is 8.00. The van der Waals surface area contributed by atoms with E-state index in [0.717, 1.165) is 44.2 Å². The van der Waals surface area contributed by atoms with Crippen molar-refractivity contribution in [1.29, 1.82) is 0 Å². The highest BCUT2D eigenvalue weighted by Crippen LogP contribution is 2.61. The number of hydrogen-bond acceptors (Lipinski definition) is 3. The molecule has 0 N–H and O–H groups in total. The van der Waals surface area contributed by atoms with Crippen LogP contribution < -0.4 is 0 Å². The molecule has 3 nitrogen and oxygen atoms in total. The molecule has 232 valence electrons. The zero-order valence-electron chi connectivity index (χ0n) is 26.6. The van der Waals surface area contributed by atoms with Gasteiger partial charge in [-0.3, -0.25) is 9.59 Å². The molecular weight excluding hydrogens is 588 g/mol. The molecule has 3 heteroatoms. The molecule has 0 fully saturated rings. The molecule has 0 saturated carbocycles. The van der Waals surface area contributed by atoms with E-state index in [1.54, 1.807) is 7.11 Å². The van der Waals surface area contributed by atoms with Crippen LogP contribution in [0.1, 0.15) is 39.7 Å². The highest BCUT2D eigenvalue weighted by Gasteiger charge is 2.68. The van der Waals surface area contributed by atoms with Crippen LogP contribution in [0, 0.1) is 5.41 Å². The van der Waals surface area contributed by atoms with Gasteiger partial charge in [0.1, 0.15) is 5.41 Å². The van der Waals surface area contributed by atoms with Crippen LogP contribution in [0.5, 0.6) is 0 Å². The highest BCUT2D eigenvalue weighted by molar-refractivity contribution is 6.38. The summed E-state index contributed by atoms with van der Waals surface area (Å²) in [5.41, 5.74) is 2.77. The molecule has 0 radical (unpaired) electrons. The molecule has 2 aliphatic rings. The number of methoxy groups -OCH3 is 1.